The summed E-state index contributed by atoms with van der Waals surface area (Å²) in [5, 5.41) is 9.49. The van der Waals surface area contributed by atoms with Crippen LogP contribution in [-0.2, 0) is 11.3 Å². The highest BCUT2D eigenvalue weighted by Crippen LogP contribution is 2.20. The van der Waals surface area contributed by atoms with Crippen LogP contribution in [0.1, 0.15) is 17.7 Å². The third kappa shape index (κ3) is 3.92. The molecule has 0 radical (unpaired) electrons. The van der Waals surface area contributed by atoms with Crippen LogP contribution in [0.4, 0.5) is 4.79 Å². The highest BCUT2D eigenvalue weighted by molar-refractivity contribution is 5.84. The Bertz CT molecular complexity index is 724. The van der Waals surface area contributed by atoms with Gasteiger partial charge in [-0.15, -0.1) is 0 Å². The van der Waals surface area contributed by atoms with Gasteiger partial charge in [0.05, 0.1) is 6.54 Å². The molecule has 7 heteroatoms. The molecule has 1 aliphatic rings. The number of aryl methyl sites for hydroxylation is 1. The number of carbonyl (C=O) groups excluding carboxylic acids is 2. The molecule has 3 rings (SSSR count). The van der Waals surface area contributed by atoms with Crippen molar-refractivity contribution in [2.45, 2.75) is 19.9 Å². The van der Waals surface area contributed by atoms with Crippen molar-refractivity contribution in [1.29, 1.82) is 0 Å². The number of nitrogens with zero attached hydrogens (tertiary/aromatic N) is 2. The number of benzene rings is 1. The van der Waals surface area contributed by atoms with Gasteiger partial charge < -0.3 is 20.1 Å². The zero-order valence-corrected chi connectivity index (χ0v) is 13.5. The van der Waals surface area contributed by atoms with E-state index in [9.17, 15) is 9.59 Å². The van der Waals surface area contributed by atoms with E-state index in [1.807, 2.05) is 31.2 Å². The maximum atomic E-state index is 12.2. The zero-order valence-electron chi connectivity index (χ0n) is 13.5. The molecule has 3 amide bonds. The quantitative estimate of drug-likeness (QED) is 0.897. The lowest BCUT2D eigenvalue weighted by Gasteiger charge is -2.19. The van der Waals surface area contributed by atoms with E-state index in [1.165, 1.54) is 10.5 Å². The second kappa shape index (κ2) is 7.16. The van der Waals surface area contributed by atoms with Gasteiger partial charge in [-0.3, -0.25) is 4.79 Å². The van der Waals surface area contributed by atoms with Crippen molar-refractivity contribution in [2.75, 3.05) is 19.6 Å². The molecule has 2 heterocycles. The first-order valence-corrected chi connectivity index (χ1v) is 7.94. The molecule has 0 bridgehead atoms. The van der Waals surface area contributed by atoms with Crippen LogP contribution in [0.5, 0.6) is 0 Å². The Hall–Kier alpha value is -2.83. The molecule has 2 N–H and O–H groups in total. The summed E-state index contributed by atoms with van der Waals surface area (Å²) in [6.45, 7) is 3.52. The fraction of sp³-hybridized carbons (Fsp3) is 0.353. The van der Waals surface area contributed by atoms with Crippen molar-refractivity contribution >= 4 is 11.9 Å². The second-order valence-electron chi connectivity index (χ2n) is 5.83. The molecule has 0 atom stereocenters. The Morgan fingerprint density at radius 3 is 2.96 bits per heavy atom. The SMILES string of the molecule is Cc1ccc(-c2cc(CNC(=O)N3CCCNC(=O)C3)no2)cc1. The summed E-state index contributed by atoms with van der Waals surface area (Å²) in [5.41, 5.74) is 2.75. The number of aromatic nitrogens is 1. The zero-order chi connectivity index (χ0) is 16.9. The van der Waals surface area contributed by atoms with Gasteiger partial charge in [0, 0.05) is 24.7 Å². The first-order chi connectivity index (χ1) is 11.6. The minimum atomic E-state index is -0.271. The molecular weight excluding hydrogens is 308 g/mol. The third-order valence-corrected chi connectivity index (χ3v) is 3.86. The Morgan fingerprint density at radius 2 is 2.17 bits per heavy atom. The molecule has 2 aromatic rings. The molecule has 1 aliphatic heterocycles. The van der Waals surface area contributed by atoms with Gasteiger partial charge in [0.2, 0.25) is 5.91 Å². The van der Waals surface area contributed by atoms with Crippen molar-refractivity contribution in [3.63, 3.8) is 0 Å². The Labute approximate surface area is 140 Å². The first kappa shape index (κ1) is 16.0. The van der Waals surface area contributed by atoms with E-state index in [1.54, 1.807) is 6.07 Å². The van der Waals surface area contributed by atoms with Gasteiger partial charge in [-0.2, -0.15) is 0 Å². The smallest absolute Gasteiger partial charge is 0.318 e. The monoisotopic (exact) mass is 328 g/mol. The summed E-state index contributed by atoms with van der Waals surface area (Å²) >= 11 is 0. The molecule has 24 heavy (non-hydrogen) atoms. The summed E-state index contributed by atoms with van der Waals surface area (Å²) in [5.74, 6) is 0.527. The van der Waals surface area contributed by atoms with Crippen LogP contribution >= 0.6 is 0 Å². The summed E-state index contributed by atoms with van der Waals surface area (Å²) in [6, 6.07) is 9.47. The number of amides is 3. The van der Waals surface area contributed by atoms with Gasteiger partial charge in [-0.05, 0) is 13.3 Å². The van der Waals surface area contributed by atoms with Crippen molar-refractivity contribution in [2.24, 2.45) is 0 Å². The summed E-state index contributed by atoms with van der Waals surface area (Å²) in [4.78, 5) is 25.2. The van der Waals surface area contributed by atoms with Crippen molar-refractivity contribution in [3.05, 3.63) is 41.6 Å². The van der Waals surface area contributed by atoms with Crippen LogP contribution in [0.25, 0.3) is 11.3 Å². The lowest BCUT2D eigenvalue weighted by molar-refractivity contribution is -0.121. The number of nitrogens with one attached hydrogen (secondary N) is 2. The first-order valence-electron chi connectivity index (χ1n) is 7.94. The number of carbonyl (C=O) groups is 2. The summed E-state index contributed by atoms with van der Waals surface area (Å²) < 4.78 is 5.33. The molecule has 1 saturated heterocycles. The van der Waals surface area contributed by atoms with Gasteiger partial charge in [-0.1, -0.05) is 35.0 Å². The highest BCUT2D eigenvalue weighted by atomic mass is 16.5. The van der Waals surface area contributed by atoms with Crippen LogP contribution in [0.2, 0.25) is 0 Å². The van der Waals surface area contributed by atoms with Crippen LogP contribution < -0.4 is 10.6 Å². The van der Waals surface area contributed by atoms with Gasteiger partial charge in [0.25, 0.3) is 0 Å². The van der Waals surface area contributed by atoms with E-state index in [0.29, 0.717) is 24.5 Å². The molecule has 0 unspecified atom stereocenters. The standard InChI is InChI=1S/C17H20N4O3/c1-12-3-5-13(6-4-12)15-9-14(20-24-15)10-19-17(23)21-8-2-7-18-16(22)11-21/h3-6,9H,2,7-8,10-11H2,1H3,(H,18,22)(H,19,23). The number of rotatable bonds is 3. The van der Waals surface area contributed by atoms with E-state index in [-0.39, 0.29) is 25.0 Å². The number of hydrogen-bond acceptors (Lipinski definition) is 4. The van der Waals surface area contributed by atoms with Crippen LogP contribution in [0.15, 0.2) is 34.9 Å². The minimum absolute atomic E-state index is 0.0826. The second-order valence-corrected chi connectivity index (χ2v) is 5.83. The van der Waals surface area contributed by atoms with Gasteiger partial charge in [0.1, 0.15) is 12.2 Å². The molecule has 1 aromatic carbocycles. The molecule has 7 nitrogen and oxygen atoms in total. The van der Waals surface area contributed by atoms with Crippen LogP contribution in [0, 0.1) is 6.92 Å². The average molecular weight is 328 g/mol. The number of urea groups is 1. The van der Waals surface area contributed by atoms with Gasteiger partial charge in [0.15, 0.2) is 5.76 Å². The predicted octanol–water partition coefficient (Wildman–Crippen LogP) is 1.68. The van der Waals surface area contributed by atoms with E-state index < -0.39 is 0 Å². The topological polar surface area (TPSA) is 87.5 Å². The minimum Gasteiger partial charge on any atom is -0.356 e. The van der Waals surface area contributed by atoms with Crippen molar-refractivity contribution < 1.29 is 14.1 Å². The van der Waals surface area contributed by atoms with Crippen molar-refractivity contribution in [1.82, 2.24) is 20.7 Å². The molecule has 1 aromatic heterocycles. The fourth-order valence-electron chi connectivity index (χ4n) is 2.51. The molecule has 1 fully saturated rings. The lowest BCUT2D eigenvalue weighted by atomic mass is 10.1. The van der Waals surface area contributed by atoms with Crippen LogP contribution in [0.3, 0.4) is 0 Å². The van der Waals surface area contributed by atoms with E-state index >= 15 is 0 Å². The number of hydrogen-bond donors (Lipinski definition) is 2. The average Bonchev–Trinajstić information content (AvgIpc) is 2.94. The van der Waals surface area contributed by atoms with E-state index in [0.717, 1.165) is 12.0 Å². The summed E-state index contributed by atoms with van der Waals surface area (Å²) in [6.07, 6.45) is 0.751. The molecule has 0 saturated carbocycles. The Balaban J connectivity index is 1.57. The maximum absolute atomic E-state index is 12.2. The van der Waals surface area contributed by atoms with Crippen molar-refractivity contribution in [3.8, 4) is 11.3 Å². The normalized spacial score (nSPS) is 14.9. The Kier molecular flexibility index (Phi) is 4.79. The fourth-order valence-corrected chi connectivity index (χ4v) is 2.51. The molecule has 0 spiro atoms. The Morgan fingerprint density at radius 1 is 1.38 bits per heavy atom. The van der Waals surface area contributed by atoms with Gasteiger partial charge >= 0.3 is 6.03 Å². The third-order valence-electron chi connectivity index (χ3n) is 3.86. The van der Waals surface area contributed by atoms with E-state index in [2.05, 4.69) is 15.8 Å². The largest absolute Gasteiger partial charge is 0.356 e. The highest BCUT2D eigenvalue weighted by Gasteiger charge is 2.19. The molecular formula is C17H20N4O3. The lowest BCUT2D eigenvalue weighted by Crippen LogP contribution is -2.43. The van der Waals surface area contributed by atoms with Gasteiger partial charge in [-0.25, -0.2) is 4.79 Å². The van der Waals surface area contributed by atoms with E-state index in [4.69, 9.17) is 4.52 Å². The molecule has 0 aliphatic carbocycles. The van der Waals surface area contributed by atoms with Crippen LogP contribution in [-0.4, -0.2) is 41.6 Å². The predicted molar refractivity (Wildman–Crippen MR) is 88.1 cm³/mol. The maximum Gasteiger partial charge on any atom is 0.318 e. The summed E-state index contributed by atoms with van der Waals surface area (Å²) in [7, 11) is 0. The molecule has 126 valence electrons.